The Bertz CT molecular complexity index is 612. The molecule has 0 saturated carbocycles. The lowest BCUT2D eigenvalue weighted by Gasteiger charge is -2.09. The van der Waals surface area contributed by atoms with Gasteiger partial charge in [0.25, 0.3) is 0 Å². The summed E-state index contributed by atoms with van der Waals surface area (Å²) in [4.78, 5) is 10.5. The van der Waals surface area contributed by atoms with Crippen LogP contribution in [0.4, 0.5) is 5.69 Å². The molecule has 0 saturated heterocycles. The van der Waals surface area contributed by atoms with Crippen molar-refractivity contribution in [2.45, 2.75) is 13.0 Å². The van der Waals surface area contributed by atoms with E-state index in [4.69, 9.17) is 23.2 Å². The second kappa shape index (κ2) is 6.64. The lowest BCUT2D eigenvalue weighted by molar-refractivity contribution is -0.304. The summed E-state index contributed by atoms with van der Waals surface area (Å²) in [6.07, 6.45) is -0.0801. The van der Waals surface area contributed by atoms with Crippen molar-refractivity contribution in [2.75, 3.05) is 5.32 Å². The molecule has 2 aromatic carbocycles. The Labute approximate surface area is 127 Å². The van der Waals surface area contributed by atoms with E-state index >= 15 is 0 Å². The zero-order valence-electron chi connectivity index (χ0n) is 10.5. The van der Waals surface area contributed by atoms with Gasteiger partial charge in [0, 0.05) is 34.7 Å². The molecule has 0 spiro atoms. The van der Waals surface area contributed by atoms with E-state index < -0.39 is 5.97 Å². The number of carbonyl (C=O) groups is 1. The third-order valence-corrected chi connectivity index (χ3v) is 3.39. The Kier molecular flexibility index (Phi) is 4.88. The van der Waals surface area contributed by atoms with Crippen LogP contribution in [0.3, 0.4) is 0 Å². The second-order valence-electron chi connectivity index (χ2n) is 4.33. The van der Waals surface area contributed by atoms with E-state index in [-0.39, 0.29) is 6.42 Å². The fourth-order valence-electron chi connectivity index (χ4n) is 1.77. The fourth-order valence-corrected chi connectivity index (χ4v) is 2.24. The fraction of sp³-hybridized carbons (Fsp3) is 0.133. The van der Waals surface area contributed by atoms with Crippen molar-refractivity contribution in [2.24, 2.45) is 0 Å². The lowest BCUT2D eigenvalue weighted by Crippen LogP contribution is -2.24. The first-order chi connectivity index (χ1) is 9.54. The molecule has 1 N–H and O–H groups in total. The van der Waals surface area contributed by atoms with Gasteiger partial charge >= 0.3 is 0 Å². The van der Waals surface area contributed by atoms with Crippen molar-refractivity contribution in [1.82, 2.24) is 0 Å². The van der Waals surface area contributed by atoms with Crippen molar-refractivity contribution in [3.63, 3.8) is 0 Å². The average molecular weight is 309 g/mol. The minimum atomic E-state index is -1.08. The van der Waals surface area contributed by atoms with Crippen LogP contribution in [0.15, 0.2) is 42.5 Å². The minimum absolute atomic E-state index is 0.0801. The van der Waals surface area contributed by atoms with Crippen molar-refractivity contribution in [3.05, 3.63) is 63.6 Å². The third kappa shape index (κ3) is 4.15. The predicted molar refractivity (Wildman–Crippen MR) is 78.9 cm³/mol. The number of carboxylic acid groups (broad SMARTS) is 1. The van der Waals surface area contributed by atoms with Crippen molar-refractivity contribution < 1.29 is 9.90 Å². The van der Waals surface area contributed by atoms with Gasteiger partial charge in [-0.3, -0.25) is 0 Å². The van der Waals surface area contributed by atoms with Crippen LogP contribution in [0, 0.1) is 0 Å². The Morgan fingerprint density at radius 2 is 1.80 bits per heavy atom. The van der Waals surface area contributed by atoms with E-state index in [1.165, 1.54) is 0 Å². The Morgan fingerprint density at radius 1 is 1.10 bits per heavy atom. The molecule has 0 radical (unpaired) electrons. The molecule has 0 atom stereocenters. The zero-order valence-corrected chi connectivity index (χ0v) is 12.0. The molecule has 5 heteroatoms. The SMILES string of the molecule is O=C([O-])Cc1ccc(NCc2ccc(Cl)cc2Cl)cc1. The summed E-state index contributed by atoms with van der Waals surface area (Å²) in [5, 5.41) is 14.9. The number of halogens is 2. The summed E-state index contributed by atoms with van der Waals surface area (Å²) in [7, 11) is 0. The van der Waals surface area contributed by atoms with Gasteiger partial charge in [-0.2, -0.15) is 0 Å². The first kappa shape index (κ1) is 14.7. The van der Waals surface area contributed by atoms with Crippen LogP contribution >= 0.6 is 23.2 Å². The first-order valence-electron chi connectivity index (χ1n) is 6.01. The summed E-state index contributed by atoms with van der Waals surface area (Å²) in [5.74, 6) is -1.08. The van der Waals surface area contributed by atoms with Crippen molar-refractivity contribution in [3.8, 4) is 0 Å². The molecule has 0 fully saturated rings. The van der Waals surface area contributed by atoms with Crippen LogP contribution in [-0.4, -0.2) is 5.97 Å². The van der Waals surface area contributed by atoms with Gasteiger partial charge in [-0.05, 0) is 35.4 Å². The van der Waals surface area contributed by atoms with Gasteiger partial charge in [0.15, 0.2) is 0 Å². The van der Waals surface area contributed by atoms with Crippen LogP contribution in [0.1, 0.15) is 11.1 Å². The normalized spacial score (nSPS) is 10.3. The highest BCUT2D eigenvalue weighted by Gasteiger charge is 2.01. The smallest absolute Gasteiger partial charge is 0.0470 e. The highest BCUT2D eigenvalue weighted by atomic mass is 35.5. The van der Waals surface area contributed by atoms with E-state index in [0.717, 1.165) is 11.3 Å². The second-order valence-corrected chi connectivity index (χ2v) is 5.18. The number of carboxylic acids is 1. The number of benzene rings is 2. The highest BCUT2D eigenvalue weighted by Crippen LogP contribution is 2.22. The zero-order chi connectivity index (χ0) is 14.5. The number of carbonyl (C=O) groups excluding carboxylic acids is 1. The van der Waals surface area contributed by atoms with E-state index in [1.54, 1.807) is 24.3 Å². The molecule has 0 bridgehead atoms. The Morgan fingerprint density at radius 3 is 2.40 bits per heavy atom. The molecule has 104 valence electrons. The number of aliphatic carboxylic acids is 1. The molecule has 20 heavy (non-hydrogen) atoms. The van der Waals surface area contributed by atoms with E-state index in [9.17, 15) is 9.90 Å². The number of hydrogen-bond donors (Lipinski definition) is 1. The monoisotopic (exact) mass is 308 g/mol. The van der Waals surface area contributed by atoms with Gasteiger partial charge in [0.05, 0.1) is 0 Å². The molecule has 0 unspecified atom stereocenters. The van der Waals surface area contributed by atoms with Gasteiger partial charge in [0.1, 0.15) is 0 Å². The van der Waals surface area contributed by atoms with Gasteiger partial charge in [-0.25, -0.2) is 0 Å². The molecule has 2 rings (SSSR count). The van der Waals surface area contributed by atoms with Crippen molar-refractivity contribution >= 4 is 34.9 Å². The van der Waals surface area contributed by atoms with E-state index in [0.29, 0.717) is 22.2 Å². The minimum Gasteiger partial charge on any atom is -0.550 e. The number of hydrogen-bond acceptors (Lipinski definition) is 3. The van der Waals surface area contributed by atoms with Gasteiger partial charge < -0.3 is 15.2 Å². The number of anilines is 1. The molecular formula is C15H12Cl2NO2-. The van der Waals surface area contributed by atoms with Crippen LogP contribution in [0.5, 0.6) is 0 Å². The average Bonchev–Trinajstić information content (AvgIpc) is 2.39. The summed E-state index contributed by atoms with van der Waals surface area (Å²) in [6.45, 7) is 0.565. The van der Waals surface area contributed by atoms with Crippen LogP contribution in [0.2, 0.25) is 10.0 Å². The Hall–Kier alpha value is -1.71. The first-order valence-corrected chi connectivity index (χ1v) is 6.77. The van der Waals surface area contributed by atoms with E-state index in [1.807, 2.05) is 18.2 Å². The molecular weight excluding hydrogens is 297 g/mol. The van der Waals surface area contributed by atoms with Gasteiger partial charge in [0.2, 0.25) is 0 Å². The maximum Gasteiger partial charge on any atom is 0.0470 e. The van der Waals surface area contributed by atoms with Gasteiger partial charge in [-0.1, -0.05) is 41.4 Å². The van der Waals surface area contributed by atoms with E-state index in [2.05, 4.69) is 5.32 Å². The third-order valence-electron chi connectivity index (χ3n) is 2.80. The van der Waals surface area contributed by atoms with Gasteiger partial charge in [-0.15, -0.1) is 0 Å². The predicted octanol–water partition coefficient (Wildman–Crippen LogP) is 2.90. The molecule has 0 amide bonds. The molecule has 0 aromatic heterocycles. The summed E-state index contributed by atoms with van der Waals surface area (Å²) >= 11 is 11.9. The maximum absolute atomic E-state index is 10.5. The Balaban J connectivity index is 1.98. The number of rotatable bonds is 5. The summed E-state index contributed by atoms with van der Waals surface area (Å²) in [5.41, 5.74) is 2.54. The van der Waals surface area contributed by atoms with Crippen LogP contribution in [-0.2, 0) is 17.8 Å². The molecule has 0 heterocycles. The molecule has 0 aliphatic heterocycles. The highest BCUT2D eigenvalue weighted by molar-refractivity contribution is 6.35. The lowest BCUT2D eigenvalue weighted by atomic mass is 10.1. The number of nitrogens with one attached hydrogen (secondary N) is 1. The molecule has 3 nitrogen and oxygen atoms in total. The molecule has 2 aromatic rings. The summed E-state index contributed by atoms with van der Waals surface area (Å²) in [6, 6.07) is 12.5. The van der Waals surface area contributed by atoms with Crippen molar-refractivity contribution in [1.29, 1.82) is 0 Å². The van der Waals surface area contributed by atoms with Crippen LogP contribution in [0.25, 0.3) is 0 Å². The maximum atomic E-state index is 10.5. The standard InChI is InChI=1S/C15H13Cl2NO2/c16-12-4-3-11(14(17)8-12)9-18-13-5-1-10(2-6-13)7-15(19)20/h1-6,8,18H,7,9H2,(H,19,20)/p-1. The quantitative estimate of drug-likeness (QED) is 0.924. The summed E-state index contributed by atoms with van der Waals surface area (Å²) < 4.78 is 0. The molecule has 0 aliphatic carbocycles. The van der Waals surface area contributed by atoms with Crippen LogP contribution < -0.4 is 10.4 Å². The topological polar surface area (TPSA) is 52.2 Å². The molecule has 0 aliphatic rings. The largest absolute Gasteiger partial charge is 0.550 e.